The van der Waals surface area contributed by atoms with Crippen LogP contribution in [0, 0.1) is 0 Å². The van der Waals surface area contributed by atoms with Crippen LogP contribution in [0.2, 0.25) is 5.02 Å². The number of morpholine rings is 1. The van der Waals surface area contributed by atoms with Gasteiger partial charge in [0.1, 0.15) is 22.4 Å². The molecule has 3 aromatic rings. The second-order valence-electron chi connectivity index (χ2n) is 10.6. The molecule has 1 N–H and O–H groups in total. The van der Waals surface area contributed by atoms with Gasteiger partial charge in [0, 0.05) is 42.3 Å². The van der Waals surface area contributed by atoms with Crippen molar-refractivity contribution in [3.63, 3.8) is 0 Å². The summed E-state index contributed by atoms with van der Waals surface area (Å²) in [5.41, 5.74) is 0.437. The Kier molecular flexibility index (Phi) is 11.5. The molecule has 2 heterocycles. The first-order valence-electron chi connectivity index (χ1n) is 14.7. The molecule has 47 heavy (non-hydrogen) atoms. The predicted molar refractivity (Wildman–Crippen MR) is 178 cm³/mol. The quantitative estimate of drug-likeness (QED) is 0.120. The molecule has 0 saturated carbocycles. The van der Waals surface area contributed by atoms with Crippen molar-refractivity contribution >= 4 is 57.9 Å². The van der Waals surface area contributed by atoms with E-state index >= 15 is 0 Å². The van der Waals surface area contributed by atoms with E-state index < -0.39 is 17.7 Å². The molecule has 14 heteroatoms. The molecule has 2 aliphatic rings. The first-order chi connectivity index (χ1) is 22.5. The second-order valence-corrected chi connectivity index (χ2v) is 12.7. The summed E-state index contributed by atoms with van der Waals surface area (Å²) in [5, 5.41) is 9.19. The van der Waals surface area contributed by atoms with E-state index in [1.165, 1.54) is 23.1 Å². The van der Waals surface area contributed by atoms with Crippen molar-refractivity contribution < 1.29 is 42.1 Å². The number of hydrogen-bond acceptors (Lipinski definition) is 8. The Balaban J connectivity index is 1.33. The molecular weight excluding hydrogens is 677 g/mol. The van der Waals surface area contributed by atoms with Crippen LogP contribution in [0.5, 0.6) is 11.5 Å². The van der Waals surface area contributed by atoms with Crippen molar-refractivity contribution in [1.29, 1.82) is 0 Å². The van der Waals surface area contributed by atoms with E-state index in [1.54, 1.807) is 36.4 Å². The third-order valence-electron chi connectivity index (χ3n) is 7.44. The number of alkyl halides is 3. The first kappa shape index (κ1) is 34.7. The lowest BCUT2D eigenvalue weighted by Gasteiger charge is -2.26. The third-order valence-corrected chi connectivity index (χ3v) is 9.15. The maximum Gasteiger partial charge on any atom is 0.416 e. The van der Waals surface area contributed by atoms with Crippen molar-refractivity contribution in [2.24, 2.45) is 0 Å². The summed E-state index contributed by atoms with van der Waals surface area (Å²) in [6.45, 7) is 4.42. The van der Waals surface area contributed by atoms with Gasteiger partial charge in [-0.3, -0.25) is 14.6 Å². The van der Waals surface area contributed by atoms with Gasteiger partial charge in [-0.25, -0.2) is 4.79 Å². The molecule has 3 aromatic carbocycles. The van der Waals surface area contributed by atoms with Gasteiger partial charge in [-0.05, 0) is 72.7 Å². The Morgan fingerprint density at radius 2 is 1.77 bits per heavy atom. The minimum atomic E-state index is -4.55. The van der Waals surface area contributed by atoms with E-state index in [0.717, 1.165) is 37.0 Å². The van der Waals surface area contributed by atoms with E-state index in [4.69, 9.17) is 43.1 Å². The van der Waals surface area contributed by atoms with E-state index in [0.29, 0.717) is 64.6 Å². The van der Waals surface area contributed by atoms with Crippen LogP contribution in [0.1, 0.15) is 27.9 Å². The largest absolute Gasteiger partial charge is 0.494 e. The number of thiocarbonyl (C=S) groups is 1. The third kappa shape index (κ3) is 9.05. The van der Waals surface area contributed by atoms with Crippen molar-refractivity contribution in [2.75, 3.05) is 52.6 Å². The SMILES string of the molecule is O=C(O)c1ccc(OCCCN2C(=O)C(=Cc3cc(-c4cc(C(F)(F)F)ccc4Cl)ccc3OCCN3CCOCC3)SC2=S)cc1. The molecule has 0 atom stereocenters. The summed E-state index contributed by atoms with van der Waals surface area (Å²) in [5.74, 6) is -0.385. The lowest BCUT2D eigenvalue weighted by atomic mass is 9.99. The molecule has 248 valence electrons. The topological polar surface area (TPSA) is 88.5 Å². The van der Waals surface area contributed by atoms with Crippen LogP contribution in [-0.4, -0.2) is 83.7 Å². The number of nitrogens with zero attached hydrogens (tertiary/aromatic N) is 2. The molecule has 0 unspecified atom stereocenters. The minimum Gasteiger partial charge on any atom is -0.494 e. The smallest absolute Gasteiger partial charge is 0.416 e. The Bertz CT molecular complexity index is 1660. The average molecular weight is 707 g/mol. The van der Waals surface area contributed by atoms with E-state index in [2.05, 4.69) is 4.90 Å². The number of rotatable bonds is 12. The molecule has 8 nitrogen and oxygen atoms in total. The van der Waals surface area contributed by atoms with Gasteiger partial charge >= 0.3 is 12.1 Å². The van der Waals surface area contributed by atoms with E-state index in [-0.39, 0.29) is 35.2 Å². The Labute approximate surface area is 284 Å². The van der Waals surface area contributed by atoms with Gasteiger partial charge in [-0.15, -0.1) is 0 Å². The standard InChI is InChI=1S/C33H30ClF3N2O6S2/c34-27-8-5-24(33(35,36)37)20-26(27)22-4-9-28(45-17-13-38-11-15-43-16-12-38)23(18-22)19-29-30(40)39(32(46)47-29)10-1-14-44-25-6-2-21(3-7-25)31(41)42/h2-9,18-20H,1,10-17H2,(H,41,42). The number of ether oxygens (including phenoxy) is 3. The minimum absolute atomic E-state index is 0.149. The summed E-state index contributed by atoms with van der Waals surface area (Å²) in [7, 11) is 0. The zero-order chi connectivity index (χ0) is 33.6. The fraction of sp³-hybridized carbons (Fsp3) is 0.303. The number of carboxylic acids is 1. The van der Waals surface area contributed by atoms with Crippen molar-refractivity contribution in [3.8, 4) is 22.6 Å². The fourth-order valence-corrected chi connectivity index (χ4v) is 6.46. The van der Waals surface area contributed by atoms with Crippen LogP contribution >= 0.6 is 35.6 Å². The number of aromatic carboxylic acids is 1. The van der Waals surface area contributed by atoms with Crippen LogP contribution in [0.25, 0.3) is 17.2 Å². The molecule has 0 aliphatic carbocycles. The summed E-state index contributed by atoms with van der Waals surface area (Å²) in [6, 6.07) is 14.1. The molecule has 1 amide bonds. The van der Waals surface area contributed by atoms with Gasteiger partial charge in [-0.1, -0.05) is 41.6 Å². The zero-order valence-corrected chi connectivity index (χ0v) is 27.3. The monoisotopic (exact) mass is 706 g/mol. The number of carbonyl (C=O) groups excluding carboxylic acids is 1. The number of thioether (sulfide) groups is 1. The summed E-state index contributed by atoms with van der Waals surface area (Å²) >= 11 is 13.0. The highest BCUT2D eigenvalue weighted by molar-refractivity contribution is 8.26. The number of hydrogen-bond donors (Lipinski definition) is 1. The summed E-state index contributed by atoms with van der Waals surface area (Å²) in [6.07, 6.45) is -2.45. The molecule has 5 rings (SSSR count). The number of halogens is 4. The molecule has 0 spiro atoms. The van der Waals surface area contributed by atoms with Crippen molar-refractivity contribution in [1.82, 2.24) is 9.80 Å². The van der Waals surface area contributed by atoms with E-state index in [9.17, 15) is 22.8 Å². The number of amides is 1. The van der Waals surface area contributed by atoms with Gasteiger partial charge in [0.05, 0.1) is 35.9 Å². The average Bonchev–Trinajstić information content (AvgIpc) is 3.31. The lowest BCUT2D eigenvalue weighted by Crippen LogP contribution is -2.38. The number of carboxylic acid groups (broad SMARTS) is 1. The maximum atomic E-state index is 13.5. The Morgan fingerprint density at radius 3 is 2.47 bits per heavy atom. The fourth-order valence-electron chi connectivity index (χ4n) is 4.93. The summed E-state index contributed by atoms with van der Waals surface area (Å²) in [4.78, 5) is 28.5. The van der Waals surface area contributed by atoms with Gasteiger partial charge < -0.3 is 19.3 Å². The van der Waals surface area contributed by atoms with Gasteiger partial charge in [0.25, 0.3) is 5.91 Å². The summed E-state index contributed by atoms with van der Waals surface area (Å²) < 4.78 is 58.1. The zero-order valence-electron chi connectivity index (χ0n) is 24.9. The van der Waals surface area contributed by atoms with Gasteiger partial charge in [-0.2, -0.15) is 13.2 Å². The van der Waals surface area contributed by atoms with Crippen LogP contribution < -0.4 is 9.47 Å². The molecule has 0 aromatic heterocycles. The molecule has 0 radical (unpaired) electrons. The Hall–Kier alpha value is -3.62. The second kappa shape index (κ2) is 15.5. The number of carbonyl (C=O) groups is 2. The molecular formula is C33H30ClF3N2O6S2. The molecule has 2 fully saturated rings. The Morgan fingerprint density at radius 1 is 1.02 bits per heavy atom. The lowest BCUT2D eigenvalue weighted by molar-refractivity contribution is -0.137. The van der Waals surface area contributed by atoms with Crippen LogP contribution in [0.15, 0.2) is 65.6 Å². The first-order valence-corrected chi connectivity index (χ1v) is 16.3. The van der Waals surface area contributed by atoms with Crippen LogP contribution in [-0.2, 0) is 15.7 Å². The maximum absolute atomic E-state index is 13.5. The van der Waals surface area contributed by atoms with E-state index in [1.807, 2.05) is 0 Å². The highest BCUT2D eigenvalue weighted by atomic mass is 35.5. The van der Waals surface area contributed by atoms with Crippen molar-refractivity contribution in [3.05, 3.63) is 87.3 Å². The van der Waals surface area contributed by atoms with Crippen LogP contribution in [0.3, 0.4) is 0 Å². The molecule has 2 saturated heterocycles. The molecule has 0 bridgehead atoms. The predicted octanol–water partition coefficient (Wildman–Crippen LogP) is 7.11. The van der Waals surface area contributed by atoms with Gasteiger partial charge in [0.2, 0.25) is 0 Å². The van der Waals surface area contributed by atoms with Crippen LogP contribution in [0.4, 0.5) is 13.2 Å². The van der Waals surface area contributed by atoms with Gasteiger partial charge in [0.15, 0.2) is 0 Å². The highest BCUT2D eigenvalue weighted by Crippen LogP contribution is 2.39. The molecule has 2 aliphatic heterocycles. The normalized spacial score (nSPS) is 16.6. The highest BCUT2D eigenvalue weighted by Gasteiger charge is 2.33. The number of benzene rings is 3. The van der Waals surface area contributed by atoms with Crippen molar-refractivity contribution in [2.45, 2.75) is 12.6 Å².